The number of hydrogen-bond donors (Lipinski definition) is 5. The monoisotopic (exact) mass is 572 g/mol. The normalized spacial score (nSPS) is 30.2. The van der Waals surface area contributed by atoms with Gasteiger partial charge in [-0.1, -0.05) is 52.3 Å². The molecular weight excluding hydrogens is 520 g/mol. The fourth-order valence-corrected chi connectivity index (χ4v) is 4.91. The minimum absolute atomic E-state index is 0.261. The molecule has 1 saturated heterocycles. The highest BCUT2D eigenvalue weighted by molar-refractivity contribution is 5.73. The van der Waals surface area contributed by atoms with Crippen molar-refractivity contribution in [2.24, 2.45) is 23.7 Å². The molecule has 0 aromatic carbocycles. The largest absolute Gasteiger partial charge is 0.469 e. The molecule has 1 rings (SSSR count). The SMILES string of the molecule is CCC(C)C=C(C)C(OC1OC(OC)C(O)C(O)C1O)C(C)C=C(C)C(O)C(C)C=C(C)C(O)C(C)C(=O)OC. The van der Waals surface area contributed by atoms with E-state index < -0.39 is 61.1 Å². The number of esters is 1. The first-order chi connectivity index (χ1) is 18.6. The molecule has 10 nitrogen and oxygen atoms in total. The fraction of sp³-hybridized carbons (Fsp3) is 0.767. The van der Waals surface area contributed by atoms with Gasteiger partial charge in [-0.25, -0.2) is 0 Å². The molecule has 0 spiro atoms. The molecule has 1 aliphatic rings. The van der Waals surface area contributed by atoms with E-state index in [0.717, 1.165) is 12.0 Å². The summed E-state index contributed by atoms with van der Waals surface area (Å²) in [6.07, 6.45) is -2.81. The first kappa shape index (κ1) is 36.4. The van der Waals surface area contributed by atoms with Gasteiger partial charge in [-0.2, -0.15) is 0 Å². The van der Waals surface area contributed by atoms with Crippen molar-refractivity contribution in [1.82, 2.24) is 0 Å². The molecule has 0 saturated carbocycles. The van der Waals surface area contributed by atoms with Crippen LogP contribution in [0.15, 0.2) is 34.9 Å². The standard InChI is InChI=1S/C30H52O10/c1-11-15(2)12-19(6)27(39-30-26(35)24(33)25(34)29(38-10)40-30)20(7)14-17(4)22(31)16(3)13-18(5)23(32)21(8)28(36)37-9/h12-16,20-27,29-35H,11H2,1-10H3. The van der Waals surface area contributed by atoms with Gasteiger partial charge in [0.2, 0.25) is 0 Å². The lowest BCUT2D eigenvalue weighted by Crippen LogP contribution is -2.59. The number of carbonyl (C=O) groups is 1. The smallest absolute Gasteiger partial charge is 0.311 e. The van der Waals surface area contributed by atoms with Gasteiger partial charge in [0, 0.05) is 18.9 Å². The van der Waals surface area contributed by atoms with Crippen LogP contribution in [-0.4, -0.2) is 94.9 Å². The van der Waals surface area contributed by atoms with Crippen molar-refractivity contribution >= 4 is 5.97 Å². The van der Waals surface area contributed by atoms with E-state index in [0.29, 0.717) is 11.1 Å². The second kappa shape index (κ2) is 16.7. The average molecular weight is 573 g/mol. The van der Waals surface area contributed by atoms with Gasteiger partial charge in [-0.05, 0) is 50.3 Å². The lowest BCUT2D eigenvalue weighted by Gasteiger charge is -2.41. The van der Waals surface area contributed by atoms with Gasteiger partial charge in [0.1, 0.15) is 18.3 Å². The number of hydrogen-bond acceptors (Lipinski definition) is 10. The zero-order valence-electron chi connectivity index (χ0n) is 25.6. The van der Waals surface area contributed by atoms with Gasteiger partial charge >= 0.3 is 5.97 Å². The van der Waals surface area contributed by atoms with Crippen molar-refractivity contribution in [2.75, 3.05) is 14.2 Å². The molecule has 0 aliphatic carbocycles. The van der Waals surface area contributed by atoms with Crippen LogP contribution in [0.5, 0.6) is 0 Å². The second-order valence-corrected chi connectivity index (χ2v) is 11.2. The molecule has 232 valence electrons. The molecule has 0 bridgehead atoms. The first-order valence-corrected chi connectivity index (χ1v) is 14.0. The van der Waals surface area contributed by atoms with Crippen molar-refractivity contribution in [2.45, 2.75) is 111 Å². The summed E-state index contributed by atoms with van der Waals surface area (Å²) in [6.45, 7) is 14.9. The number of methoxy groups -OCH3 is 2. The van der Waals surface area contributed by atoms with Gasteiger partial charge in [0.15, 0.2) is 12.6 Å². The number of carbonyl (C=O) groups excluding carboxylic acids is 1. The number of aliphatic hydroxyl groups is 5. The van der Waals surface area contributed by atoms with Gasteiger partial charge in [-0.3, -0.25) is 4.79 Å². The summed E-state index contributed by atoms with van der Waals surface area (Å²) in [4.78, 5) is 11.8. The molecule has 0 amide bonds. The van der Waals surface area contributed by atoms with E-state index in [4.69, 9.17) is 18.9 Å². The summed E-state index contributed by atoms with van der Waals surface area (Å²) >= 11 is 0. The van der Waals surface area contributed by atoms with Gasteiger partial charge in [-0.15, -0.1) is 0 Å². The topological polar surface area (TPSA) is 155 Å². The van der Waals surface area contributed by atoms with Crippen molar-refractivity contribution in [3.8, 4) is 0 Å². The van der Waals surface area contributed by atoms with Crippen LogP contribution in [0.4, 0.5) is 0 Å². The maximum atomic E-state index is 11.8. The zero-order valence-corrected chi connectivity index (χ0v) is 25.6. The number of rotatable bonds is 14. The van der Waals surface area contributed by atoms with E-state index in [2.05, 4.69) is 19.9 Å². The highest BCUT2D eigenvalue weighted by Crippen LogP contribution is 2.30. The highest BCUT2D eigenvalue weighted by atomic mass is 16.8. The Morgan fingerprint density at radius 2 is 1.32 bits per heavy atom. The quantitative estimate of drug-likeness (QED) is 0.155. The summed E-state index contributed by atoms with van der Waals surface area (Å²) in [5, 5.41) is 52.6. The summed E-state index contributed by atoms with van der Waals surface area (Å²) in [6, 6.07) is 0. The first-order valence-electron chi connectivity index (χ1n) is 14.0. The molecule has 1 aliphatic heterocycles. The van der Waals surface area contributed by atoms with Crippen LogP contribution in [0.1, 0.15) is 61.8 Å². The van der Waals surface area contributed by atoms with Crippen LogP contribution < -0.4 is 0 Å². The van der Waals surface area contributed by atoms with Gasteiger partial charge in [0.05, 0.1) is 31.3 Å². The molecule has 10 heteroatoms. The Morgan fingerprint density at radius 3 is 1.85 bits per heavy atom. The Morgan fingerprint density at radius 1 is 0.800 bits per heavy atom. The summed E-state index contributed by atoms with van der Waals surface area (Å²) in [7, 11) is 2.59. The number of aliphatic hydroxyl groups excluding tert-OH is 5. The molecular formula is C30H52O10. The van der Waals surface area contributed by atoms with E-state index in [-0.39, 0.29) is 17.8 Å². The molecule has 12 unspecified atom stereocenters. The molecule has 1 heterocycles. The lowest BCUT2D eigenvalue weighted by molar-refractivity contribution is -0.352. The van der Waals surface area contributed by atoms with E-state index >= 15 is 0 Å². The predicted molar refractivity (Wildman–Crippen MR) is 151 cm³/mol. The third-order valence-corrected chi connectivity index (χ3v) is 7.69. The molecule has 40 heavy (non-hydrogen) atoms. The van der Waals surface area contributed by atoms with Crippen LogP contribution in [0.2, 0.25) is 0 Å². The minimum Gasteiger partial charge on any atom is -0.469 e. The van der Waals surface area contributed by atoms with Crippen LogP contribution in [0, 0.1) is 23.7 Å². The van der Waals surface area contributed by atoms with Gasteiger partial charge < -0.3 is 44.5 Å². The maximum Gasteiger partial charge on any atom is 0.311 e. The highest BCUT2D eigenvalue weighted by Gasteiger charge is 2.46. The lowest BCUT2D eigenvalue weighted by atomic mass is 9.88. The Kier molecular flexibility index (Phi) is 15.2. The molecule has 0 aromatic heterocycles. The molecule has 1 fully saturated rings. The Balaban J connectivity index is 3.22. The summed E-state index contributed by atoms with van der Waals surface area (Å²) in [5.74, 6) is -1.66. The van der Waals surface area contributed by atoms with Crippen molar-refractivity contribution in [1.29, 1.82) is 0 Å². The number of allylic oxidation sites excluding steroid dienone is 1. The van der Waals surface area contributed by atoms with Crippen LogP contribution >= 0.6 is 0 Å². The summed E-state index contributed by atoms with van der Waals surface area (Å²) < 4.78 is 21.7. The fourth-order valence-electron chi connectivity index (χ4n) is 4.91. The number of ether oxygens (including phenoxy) is 4. The Bertz CT molecular complexity index is 882. The van der Waals surface area contributed by atoms with E-state index in [9.17, 15) is 30.3 Å². The molecule has 5 N–H and O–H groups in total. The average Bonchev–Trinajstić information content (AvgIpc) is 2.93. The van der Waals surface area contributed by atoms with Crippen LogP contribution in [0.25, 0.3) is 0 Å². The maximum absolute atomic E-state index is 11.8. The van der Waals surface area contributed by atoms with Crippen molar-refractivity contribution in [3.63, 3.8) is 0 Å². The second-order valence-electron chi connectivity index (χ2n) is 11.2. The molecule has 0 aromatic rings. The van der Waals surface area contributed by atoms with Crippen LogP contribution in [-0.2, 0) is 23.7 Å². The Hall–Kier alpha value is -1.63. The molecule has 12 atom stereocenters. The van der Waals surface area contributed by atoms with Crippen molar-refractivity contribution in [3.05, 3.63) is 34.9 Å². The Labute approximate surface area is 239 Å². The van der Waals surface area contributed by atoms with E-state index in [1.54, 1.807) is 26.8 Å². The van der Waals surface area contributed by atoms with Crippen LogP contribution in [0.3, 0.4) is 0 Å². The van der Waals surface area contributed by atoms with E-state index in [1.165, 1.54) is 14.2 Å². The predicted octanol–water partition coefficient (Wildman–Crippen LogP) is 2.47. The summed E-state index contributed by atoms with van der Waals surface area (Å²) in [5.41, 5.74) is 2.10. The van der Waals surface area contributed by atoms with Crippen molar-refractivity contribution < 1.29 is 49.3 Å². The third kappa shape index (κ3) is 9.73. The zero-order chi connectivity index (χ0) is 30.9. The molecule has 0 radical (unpaired) electrons. The third-order valence-electron chi connectivity index (χ3n) is 7.69. The van der Waals surface area contributed by atoms with E-state index in [1.807, 2.05) is 26.8 Å². The minimum atomic E-state index is -1.52. The van der Waals surface area contributed by atoms with Gasteiger partial charge in [0.25, 0.3) is 0 Å².